The van der Waals surface area contributed by atoms with Crippen molar-refractivity contribution in [2.24, 2.45) is 0 Å². The zero-order chi connectivity index (χ0) is 15.5. The summed E-state index contributed by atoms with van der Waals surface area (Å²) in [5, 5.41) is 13.6. The lowest BCUT2D eigenvalue weighted by Crippen LogP contribution is -2.37. The quantitative estimate of drug-likeness (QED) is 0.646. The first-order valence-electron chi connectivity index (χ1n) is 7.36. The normalized spacial score (nSPS) is 16.8. The topological polar surface area (TPSA) is 85.8 Å². The molecule has 1 aliphatic carbocycles. The van der Waals surface area contributed by atoms with Crippen molar-refractivity contribution in [3.63, 3.8) is 0 Å². The van der Waals surface area contributed by atoms with Crippen LogP contribution in [0.3, 0.4) is 0 Å². The Morgan fingerprint density at radius 2 is 2.27 bits per heavy atom. The van der Waals surface area contributed by atoms with Crippen LogP contribution >= 0.6 is 23.1 Å². The minimum Gasteiger partial charge on any atom is -0.352 e. The number of nitrogen functional groups attached to an aromatic ring is 1. The Morgan fingerprint density at radius 1 is 1.50 bits per heavy atom. The highest BCUT2D eigenvalue weighted by atomic mass is 32.2. The van der Waals surface area contributed by atoms with Gasteiger partial charge >= 0.3 is 0 Å². The van der Waals surface area contributed by atoms with Crippen LogP contribution in [0.4, 0.5) is 0 Å². The molecule has 3 N–H and O–H groups in total. The van der Waals surface area contributed by atoms with Gasteiger partial charge in [0.25, 0.3) is 0 Å². The highest BCUT2D eigenvalue weighted by Crippen LogP contribution is 2.27. The van der Waals surface area contributed by atoms with Crippen molar-refractivity contribution in [1.82, 2.24) is 20.2 Å². The third kappa shape index (κ3) is 3.27. The number of carbonyl (C=O) groups is 1. The number of nitrogens with zero attached hydrogens (tertiary/aromatic N) is 3. The average Bonchev–Trinajstić information content (AvgIpc) is 3.22. The molecule has 22 heavy (non-hydrogen) atoms. The van der Waals surface area contributed by atoms with Crippen LogP contribution in [0.2, 0.25) is 0 Å². The van der Waals surface area contributed by atoms with E-state index in [1.807, 2.05) is 24.4 Å². The molecule has 2 aromatic rings. The van der Waals surface area contributed by atoms with Gasteiger partial charge in [0.15, 0.2) is 5.82 Å². The molecule has 2 heterocycles. The van der Waals surface area contributed by atoms with Gasteiger partial charge in [0.05, 0.1) is 10.1 Å². The Bertz CT molecular complexity index is 634. The summed E-state index contributed by atoms with van der Waals surface area (Å²) in [7, 11) is 0. The minimum atomic E-state index is -0.247. The number of thiophene rings is 1. The highest BCUT2D eigenvalue weighted by Gasteiger charge is 2.23. The van der Waals surface area contributed by atoms with Gasteiger partial charge in [-0.05, 0) is 31.2 Å². The Kier molecular flexibility index (Phi) is 4.68. The van der Waals surface area contributed by atoms with Gasteiger partial charge < -0.3 is 11.2 Å². The fourth-order valence-electron chi connectivity index (χ4n) is 2.53. The Hall–Kier alpha value is -1.54. The van der Waals surface area contributed by atoms with Crippen LogP contribution in [-0.4, -0.2) is 32.1 Å². The number of nitrogens with two attached hydrogens (primary N) is 1. The first-order chi connectivity index (χ1) is 10.6. The van der Waals surface area contributed by atoms with Gasteiger partial charge in [0, 0.05) is 6.04 Å². The third-order valence-corrected chi connectivity index (χ3v) is 5.68. The van der Waals surface area contributed by atoms with E-state index in [0.717, 1.165) is 17.7 Å². The number of hydrogen-bond donors (Lipinski definition) is 2. The number of nitrogens with one attached hydrogen (secondary N) is 1. The molecule has 0 spiro atoms. The summed E-state index contributed by atoms with van der Waals surface area (Å²) in [4.78, 5) is 13.2. The van der Waals surface area contributed by atoms with E-state index in [1.165, 1.54) is 29.3 Å². The van der Waals surface area contributed by atoms with Crippen molar-refractivity contribution in [1.29, 1.82) is 0 Å². The van der Waals surface area contributed by atoms with Crippen LogP contribution < -0.4 is 11.2 Å². The van der Waals surface area contributed by atoms with E-state index in [4.69, 9.17) is 5.84 Å². The molecule has 1 saturated carbocycles. The predicted octanol–water partition coefficient (Wildman–Crippen LogP) is 2.26. The van der Waals surface area contributed by atoms with Crippen molar-refractivity contribution < 1.29 is 4.79 Å². The lowest BCUT2D eigenvalue weighted by molar-refractivity contribution is -0.120. The summed E-state index contributed by atoms with van der Waals surface area (Å²) in [5.41, 5.74) is 0. The number of aromatic nitrogens is 3. The van der Waals surface area contributed by atoms with E-state index in [-0.39, 0.29) is 11.2 Å². The van der Waals surface area contributed by atoms with Gasteiger partial charge in [-0.3, -0.25) is 4.79 Å². The van der Waals surface area contributed by atoms with Crippen LogP contribution in [-0.2, 0) is 4.79 Å². The highest BCUT2D eigenvalue weighted by molar-refractivity contribution is 8.00. The molecule has 1 atom stereocenters. The molecule has 1 fully saturated rings. The molecule has 0 radical (unpaired) electrons. The SMILES string of the molecule is C[C@H](Sc1nnc(-c2cccs2)n1N)C(=O)NC1CCCC1. The zero-order valence-corrected chi connectivity index (χ0v) is 14.0. The van der Waals surface area contributed by atoms with E-state index in [9.17, 15) is 4.79 Å². The molecule has 1 amide bonds. The molecular weight excluding hydrogens is 318 g/mol. The molecule has 0 aromatic carbocycles. The van der Waals surface area contributed by atoms with Crippen LogP contribution in [0, 0.1) is 0 Å². The Labute approximate surface area is 137 Å². The predicted molar refractivity (Wildman–Crippen MR) is 89.2 cm³/mol. The largest absolute Gasteiger partial charge is 0.352 e. The van der Waals surface area contributed by atoms with Gasteiger partial charge in [-0.25, -0.2) is 4.68 Å². The van der Waals surface area contributed by atoms with Gasteiger partial charge in [-0.1, -0.05) is 30.7 Å². The molecule has 3 rings (SSSR count). The summed E-state index contributed by atoms with van der Waals surface area (Å²) in [6.07, 6.45) is 4.57. The first kappa shape index (κ1) is 15.4. The fourth-order valence-corrected chi connectivity index (χ4v) is 4.02. The van der Waals surface area contributed by atoms with Crippen LogP contribution in [0.1, 0.15) is 32.6 Å². The third-order valence-electron chi connectivity index (χ3n) is 3.76. The molecule has 0 unspecified atom stereocenters. The smallest absolute Gasteiger partial charge is 0.233 e. The van der Waals surface area contributed by atoms with Gasteiger partial charge in [-0.2, -0.15) is 0 Å². The second kappa shape index (κ2) is 6.70. The van der Waals surface area contributed by atoms with Crippen LogP contribution in [0.5, 0.6) is 0 Å². The summed E-state index contributed by atoms with van der Waals surface area (Å²) >= 11 is 2.89. The van der Waals surface area contributed by atoms with Crippen molar-refractivity contribution in [3.8, 4) is 10.7 Å². The van der Waals surface area contributed by atoms with E-state index in [0.29, 0.717) is 17.0 Å². The summed E-state index contributed by atoms with van der Waals surface area (Å²) < 4.78 is 1.45. The van der Waals surface area contributed by atoms with Crippen molar-refractivity contribution in [2.75, 3.05) is 5.84 Å². The minimum absolute atomic E-state index is 0.0394. The lowest BCUT2D eigenvalue weighted by Gasteiger charge is -2.15. The molecule has 0 aliphatic heterocycles. The summed E-state index contributed by atoms with van der Waals surface area (Å²) in [5.74, 6) is 6.72. The second-order valence-corrected chi connectivity index (χ2v) is 7.66. The second-order valence-electron chi connectivity index (χ2n) is 5.40. The van der Waals surface area contributed by atoms with Gasteiger partial charge in [0.2, 0.25) is 11.1 Å². The first-order valence-corrected chi connectivity index (χ1v) is 9.12. The molecular formula is C14H19N5OS2. The zero-order valence-electron chi connectivity index (χ0n) is 12.4. The molecule has 0 saturated heterocycles. The van der Waals surface area contributed by atoms with Crippen molar-refractivity contribution >= 4 is 29.0 Å². The van der Waals surface area contributed by atoms with Crippen LogP contribution in [0.15, 0.2) is 22.7 Å². The van der Waals surface area contributed by atoms with E-state index < -0.39 is 0 Å². The maximum atomic E-state index is 12.2. The lowest BCUT2D eigenvalue weighted by atomic mass is 10.2. The van der Waals surface area contributed by atoms with Crippen molar-refractivity contribution in [2.45, 2.75) is 49.1 Å². The van der Waals surface area contributed by atoms with E-state index >= 15 is 0 Å². The number of carbonyl (C=O) groups excluding carboxylic acids is 1. The number of hydrogen-bond acceptors (Lipinski definition) is 6. The summed E-state index contributed by atoms with van der Waals surface area (Å²) in [6, 6.07) is 4.22. The van der Waals surface area contributed by atoms with E-state index in [2.05, 4.69) is 15.5 Å². The molecule has 2 aromatic heterocycles. The van der Waals surface area contributed by atoms with E-state index in [1.54, 1.807) is 11.3 Å². The van der Waals surface area contributed by atoms with Crippen molar-refractivity contribution in [3.05, 3.63) is 17.5 Å². The maximum Gasteiger partial charge on any atom is 0.233 e. The molecule has 1 aliphatic rings. The monoisotopic (exact) mass is 337 g/mol. The fraction of sp³-hybridized carbons (Fsp3) is 0.500. The average molecular weight is 337 g/mol. The standard InChI is InChI=1S/C14H19N5OS2/c1-9(13(20)16-10-5-2-3-6-10)22-14-18-17-12(19(14)15)11-7-4-8-21-11/h4,7-10H,2-3,5-6,15H2,1H3,(H,16,20)/t9-/m0/s1. The van der Waals surface area contributed by atoms with Gasteiger partial charge in [0.1, 0.15) is 0 Å². The Morgan fingerprint density at radius 3 is 2.95 bits per heavy atom. The summed E-state index contributed by atoms with van der Waals surface area (Å²) in [6.45, 7) is 1.87. The number of rotatable bonds is 5. The molecule has 6 nitrogen and oxygen atoms in total. The molecule has 118 valence electrons. The molecule has 8 heteroatoms. The number of thioether (sulfide) groups is 1. The van der Waals surface area contributed by atoms with Crippen LogP contribution in [0.25, 0.3) is 10.7 Å². The number of amides is 1. The molecule has 0 bridgehead atoms. The Balaban J connectivity index is 1.64. The maximum absolute atomic E-state index is 12.2. The van der Waals surface area contributed by atoms with Gasteiger partial charge in [-0.15, -0.1) is 21.5 Å².